The number of nitrogens with one attached hydrogen (secondary N) is 1. The second-order valence-electron chi connectivity index (χ2n) is 4.76. The standard InChI is InChI=1S/C15H17Br2NO/c1-9-6-12(16)15(13(17)7-9)14-5-4-11(19-14)8-10(2)18-3/h4-7,10,18H,8H2,1-3H3. The van der Waals surface area contributed by atoms with Crippen LogP contribution in [0.1, 0.15) is 18.2 Å². The molecule has 19 heavy (non-hydrogen) atoms. The SMILES string of the molecule is CNC(C)Cc1ccc(-c2c(Br)cc(C)cc2Br)o1. The van der Waals surface area contributed by atoms with Crippen LogP contribution in [0, 0.1) is 6.92 Å². The van der Waals surface area contributed by atoms with Gasteiger partial charge >= 0.3 is 0 Å². The van der Waals surface area contributed by atoms with Crippen molar-refractivity contribution in [1.82, 2.24) is 5.32 Å². The second kappa shape index (κ2) is 6.25. The van der Waals surface area contributed by atoms with Crippen LogP contribution in [0.15, 0.2) is 37.6 Å². The lowest BCUT2D eigenvalue weighted by Crippen LogP contribution is -2.23. The van der Waals surface area contributed by atoms with E-state index in [0.29, 0.717) is 6.04 Å². The molecular weight excluding hydrogens is 370 g/mol. The topological polar surface area (TPSA) is 25.2 Å². The molecule has 0 saturated heterocycles. The van der Waals surface area contributed by atoms with Gasteiger partial charge in [0.25, 0.3) is 0 Å². The zero-order valence-corrected chi connectivity index (χ0v) is 14.4. The van der Waals surface area contributed by atoms with E-state index >= 15 is 0 Å². The van der Waals surface area contributed by atoms with Gasteiger partial charge in [0.2, 0.25) is 0 Å². The van der Waals surface area contributed by atoms with Gasteiger partial charge in [-0.05, 0) is 82.6 Å². The number of likely N-dealkylation sites (N-methyl/N-ethyl adjacent to an activating group) is 1. The van der Waals surface area contributed by atoms with Crippen LogP contribution in [-0.4, -0.2) is 13.1 Å². The lowest BCUT2D eigenvalue weighted by Gasteiger charge is -2.08. The highest BCUT2D eigenvalue weighted by atomic mass is 79.9. The molecular formula is C15H17Br2NO. The average molecular weight is 387 g/mol. The van der Waals surface area contributed by atoms with Crippen molar-refractivity contribution in [3.05, 3.63) is 44.5 Å². The van der Waals surface area contributed by atoms with Crippen molar-refractivity contribution in [2.45, 2.75) is 26.3 Å². The summed E-state index contributed by atoms with van der Waals surface area (Å²) in [7, 11) is 1.96. The highest BCUT2D eigenvalue weighted by Gasteiger charge is 2.13. The Morgan fingerprint density at radius 1 is 1.21 bits per heavy atom. The van der Waals surface area contributed by atoms with Gasteiger partial charge in [0, 0.05) is 27.0 Å². The Morgan fingerprint density at radius 3 is 2.42 bits per heavy atom. The second-order valence-corrected chi connectivity index (χ2v) is 6.47. The minimum Gasteiger partial charge on any atom is -0.461 e. The Hall–Kier alpha value is -0.580. The number of aryl methyl sites for hydroxylation is 1. The highest BCUT2D eigenvalue weighted by Crippen LogP contribution is 2.37. The first kappa shape index (κ1) is 14.8. The third-order valence-corrected chi connectivity index (χ3v) is 4.35. The van der Waals surface area contributed by atoms with E-state index in [0.717, 1.165) is 32.5 Å². The molecule has 2 nitrogen and oxygen atoms in total. The van der Waals surface area contributed by atoms with E-state index in [1.807, 2.05) is 19.2 Å². The van der Waals surface area contributed by atoms with E-state index in [4.69, 9.17) is 4.42 Å². The van der Waals surface area contributed by atoms with E-state index in [1.54, 1.807) is 0 Å². The molecule has 0 aliphatic carbocycles. The van der Waals surface area contributed by atoms with E-state index in [-0.39, 0.29) is 0 Å². The maximum absolute atomic E-state index is 5.94. The van der Waals surface area contributed by atoms with Crippen LogP contribution in [0.25, 0.3) is 11.3 Å². The zero-order chi connectivity index (χ0) is 14.0. The molecule has 0 saturated carbocycles. The summed E-state index contributed by atoms with van der Waals surface area (Å²) < 4.78 is 8.03. The molecule has 1 heterocycles. The first-order chi connectivity index (χ1) is 9.01. The molecule has 1 atom stereocenters. The van der Waals surface area contributed by atoms with Crippen molar-refractivity contribution < 1.29 is 4.42 Å². The Kier molecular flexibility index (Phi) is 4.87. The normalized spacial score (nSPS) is 12.7. The molecule has 0 aliphatic heterocycles. The average Bonchev–Trinajstić information content (AvgIpc) is 2.75. The van der Waals surface area contributed by atoms with Gasteiger partial charge in [-0.15, -0.1) is 0 Å². The fraction of sp³-hybridized carbons (Fsp3) is 0.333. The van der Waals surface area contributed by atoms with Gasteiger partial charge in [0.05, 0.1) is 0 Å². The molecule has 0 bridgehead atoms. The molecule has 1 unspecified atom stereocenters. The Bertz CT molecular complexity index is 554. The van der Waals surface area contributed by atoms with E-state index in [1.165, 1.54) is 5.56 Å². The summed E-state index contributed by atoms with van der Waals surface area (Å²) in [6.07, 6.45) is 0.887. The van der Waals surface area contributed by atoms with Crippen LogP contribution in [0.5, 0.6) is 0 Å². The Balaban J connectivity index is 2.33. The van der Waals surface area contributed by atoms with Crippen molar-refractivity contribution in [3.8, 4) is 11.3 Å². The maximum Gasteiger partial charge on any atom is 0.136 e. The minimum atomic E-state index is 0.406. The number of halogens is 2. The summed E-state index contributed by atoms with van der Waals surface area (Å²) in [5.41, 5.74) is 2.27. The Labute approximate surface area is 130 Å². The summed E-state index contributed by atoms with van der Waals surface area (Å²) in [5, 5.41) is 3.21. The smallest absolute Gasteiger partial charge is 0.136 e. The quantitative estimate of drug-likeness (QED) is 0.805. The monoisotopic (exact) mass is 385 g/mol. The maximum atomic E-state index is 5.94. The summed E-state index contributed by atoms with van der Waals surface area (Å²) in [6, 6.07) is 8.67. The molecule has 0 radical (unpaired) electrons. The molecule has 2 aromatic rings. The largest absolute Gasteiger partial charge is 0.461 e. The number of benzene rings is 1. The molecule has 102 valence electrons. The third-order valence-electron chi connectivity index (χ3n) is 3.09. The lowest BCUT2D eigenvalue weighted by atomic mass is 10.1. The van der Waals surface area contributed by atoms with Gasteiger partial charge in [-0.25, -0.2) is 0 Å². The third kappa shape index (κ3) is 3.50. The van der Waals surface area contributed by atoms with Gasteiger partial charge in [-0.3, -0.25) is 0 Å². The first-order valence-corrected chi connectivity index (χ1v) is 7.82. The van der Waals surface area contributed by atoms with E-state index in [9.17, 15) is 0 Å². The van der Waals surface area contributed by atoms with Gasteiger partial charge < -0.3 is 9.73 Å². The Morgan fingerprint density at radius 2 is 1.84 bits per heavy atom. The molecule has 1 aromatic carbocycles. The van der Waals surface area contributed by atoms with Crippen molar-refractivity contribution >= 4 is 31.9 Å². The molecule has 4 heteroatoms. The molecule has 0 spiro atoms. The molecule has 0 aliphatic rings. The minimum absolute atomic E-state index is 0.406. The lowest BCUT2D eigenvalue weighted by molar-refractivity contribution is 0.481. The molecule has 0 amide bonds. The van der Waals surface area contributed by atoms with Crippen molar-refractivity contribution in [2.24, 2.45) is 0 Å². The van der Waals surface area contributed by atoms with E-state index in [2.05, 4.69) is 63.2 Å². The summed E-state index contributed by atoms with van der Waals surface area (Å²) in [6.45, 7) is 4.21. The predicted molar refractivity (Wildman–Crippen MR) is 86.5 cm³/mol. The van der Waals surface area contributed by atoms with Crippen molar-refractivity contribution in [2.75, 3.05) is 7.05 Å². The fourth-order valence-electron chi connectivity index (χ4n) is 1.96. The van der Waals surface area contributed by atoms with Gasteiger partial charge in [-0.2, -0.15) is 0 Å². The van der Waals surface area contributed by atoms with Crippen molar-refractivity contribution in [3.63, 3.8) is 0 Å². The van der Waals surface area contributed by atoms with Crippen LogP contribution < -0.4 is 5.32 Å². The van der Waals surface area contributed by atoms with Gasteiger partial charge in [0.1, 0.15) is 11.5 Å². The first-order valence-electron chi connectivity index (χ1n) is 6.23. The van der Waals surface area contributed by atoms with Crippen LogP contribution in [0.4, 0.5) is 0 Å². The highest BCUT2D eigenvalue weighted by molar-refractivity contribution is 9.11. The molecule has 2 rings (SSSR count). The van der Waals surface area contributed by atoms with E-state index < -0.39 is 0 Å². The number of hydrogen-bond acceptors (Lipinski definition) is 2. The summed E-state index contributed by atoms with van der Waals surface area (Å²) in [4.78, 5) is 0. The summed E-state index contributed by atoms with van der Waals surface area (Å²) >= 11 is 7.21. The molecule has 0 fully saturated rings. The van der Waals surface area contributed by atoms with Crippen molar-refractivity contribution in [1.29, 1.82) is 0 Å². The molecule has 1 N–H and O–H groups in total. The zero-order valence-electron chi connectivity index (χ0n) is 11.3. The summed E-state index contributed by atoms with van der Waals surface area (Å²) in [5.74, 6) is 1.88. The number of hydrogen-bond donors (Lipinski definition) is 1. The number of rotatable bonds is 4. The van der Waals surface area contributed by atoms with Crippen LogP contribution >= 0.6 is 31.9 Å². The van der Waals surface area contributed by atoms with Crippen LogP contribution in [0.2, 0.25) is 0 Å². The van der Waals surface area contributed by atoms with Crippen LogP contribution in [-0.2, 0) is 6.42 Å². The fourth-order valence-corrected chi connectivity index (χ4v) is 3.77. The van der Waals surface area contributed by atoms with Crippen LogP contribution in [0.3, 0.4) is 0 Å². The molecule has 1 aromatic heterocycles. The predicted octanol–water partition coefficient (Wildman–Crippen LogP) is 4.93. The van der Waals surface area contributed by atoms with Gasteiger partial charge in [-0.1, -0.05) is 0 Å². The number of furan rings is 1. The van der Waals surface area contributed by atoms with Gasteiger partial charge in [0.15, 0.2) is 0 Å².